The molecule has 35 heavy (non-hydrogen) atoms. The normalized spacial score (nSPS) is 16.5. The van der Waals surface area contributed by atoms with Gasteiger partial charge in [-0.3, -0.25) is 20.4 Å². The quantitative estimate of drug-likeness (QED) is 0.395. The van der Waals surface area contributed by atoms with Gasteiger partial charge in [0.05, 0.1) is 15.7 Å². The number of aryl methyl sites for hydroxylation is 2. The molecule has 4 amide bonds. The van der Waals surface area contributed by atoms with Gasteiger partial charge in [0.15, 0.2) is 0 Å². The Labute approximate surface area is 213 Å². The van der Waals surface area contributed by atoms with E-state index < -0.39 is 11.8 Å². The van der Waals surface area contributed by atoms with Crippen molar-refractivity contribution < 1.29 is 14.4 Å². The van der Waals surface area contributed by atoms with Gasteiger partial charge in [-0.2, -0.15) is 0 Å². The molecule has 9 nitrogen and oxygen atoms in total. The Kier molecular flexibility index (Phi) is 8.50. The molecule has 0 atom stereocenters. The Hall–Kier alpha value is -2.79. The van der Waals surface area contributed by atoms with Crippen molar-refractivity contribution in [2.24, 2.45) is 0 Å². The van der Waals surface area contributed by atoms with Gasteiger partial charge in [0, 0.05) is 30.9 Å². The molecule has 2 aliphatic rings. The summed E-state index contributed by atoms with van der Waals surface area (Å²) in [7, 11) is 0. The van der Waals surface area contributed by atoms with Crippen LogP contribution in [0.2, 0.25) is 0 Å². The van der Waals surface area contributed by atoms with Crippen molar-refractivity contribution in [3.63, 3.8) is 0 Å². The number of hydrazine groups is 1. The van der Waals surface area contributed by atoms with E-state index in [0.29, 0.717) is 30.2 Å². The number of urea groups is 1. The molecule has 3 N–H and O–H groups in total. The predicted molar refractivity (Wildman–Crippen MR) is 137 cm³/mol. The van der Waals surface area contributed by atoms with Crippen LogP contribution in [0.4, 0.5) is 4.79 Å². The van der Waals surface area contributed by atoms with E-state index in [1.807, 2.05) is 11.8 Å². The van der Waals surface area contributed by atoms with Gasteiger partial charge in [0.25, 0.3) is 11.8 Å². The van der Waals surface area contributed by atoms with Crippen LogP contribution in [0.5, 0.6) is 0 Å². The maximum atomic E-state index is 12.5. The number of thiazole rings is 2. The maximum Gasteiger partial charge on any atom is 0.317 e. The van der Waals surface area contributed by atoms with E-state index in [2.05, 4.69) is 32.2 Å². The average molecular weight is 517 g/mol. The minimum absolute atomic E-state index is 0.00109. The molecule has 11 heteroatoms. The standard InChI is InChI=1S/C24H32N6O3S2/c1-15-20(35-16(2)26-15)22(32)29-28-21(31)19-14-34-23(27-19)18-9-12-30(13-10-18)24(33)25-11-8-17-6-4-3-5-7-17/h6,14,18H,3-5,7-13H2,1-2H3,(H,25,33)(H,28,31)(H,29,32). The topological polar surface area (TPSA) is 116 Å². The molecule has 0 aromatic carbocycles. The van der Waals surface area contributed by atoms with Crippen LogP contribution in [-0.4, -0.2) is 52.3 Å². The number of allylic oxidation sites excluding steroid dienone is 1. The summed E-state index contributed by atoms with van der Waals surface area (Å²) in [5.41, 5.74) is 7.25. The molecule has 188 valence electrons. The maximum absolute atomic E-state index is 12.5. The van der Waals surface area contributed by atoms with Crippen molar-refractivity contribution in [2.45, 2.75) is 64.7 Å². The molecule has 3 heterocycles. The van der Waals surface area contributed by atoms with Crippen LogP contribution in [0.25, 0.3) is 0 Å². The highest BCUT2D eigenvalue weighted by atomic mass is 32.1. The van der Waals surface area contributed by atoms with E-state index >= 15 is 0 Å². The van der Waals surface area contributed by atoms with E-state index in [9.17, 15) is 14.4 Å². The molecule has 1 fully saturated rings. The highest BCUT2D eigenvalue weighted by Crippen LogP contribution is 2.30. The molecular weight excluding hydrogens is 484 g/mol. The molecule has 0 saturated carbocycles. The van der Waals surface area contributed by atoms with Crippen LogP contribution in [-0.2, 0) is 0 Å². The molecular formula is C24H32N6O3S2. The summed E-state index contributed by atoms with van der Waals surface area (Å²) in [6, 6.07) is 0.00109. The first kappa shape index (κ1) is 25.3. The third-order valence-corrected chi connectivity index (χ3v) is 8.47. The van der Waals surface area contributed by atoms with Gasteiger partial charge < -0.3 is 10.2 Å². The second-order valence-corrected chi connectivity index (χ2v) is 11.1. The molecule has 1 aliphatic carbocycles. The molecule has 4 rings (SSSR count). The Morgan fingerprint density at radius 2 is 1.86 bits per heavy atom. The number of nitrogens with one attached hydrogen (secondary N) is 3. The monoisotopic (exact) mass is 516 g/mol. The Balaban J connectivity index is 1.20. The molecule has 0 spiro atoms. The van der Waals surface area contributed by atoms with Crippen molar-refractivity contribution >= 4 is 40.5 Å². The van der Waals surface area contributed by atoms with Gasteiger partial charge in [-0.05, 0) is 58.8 Å². The number of hydrogen-bond acceptors (Lipinski definition) is 7. The van der Waals surface area contributed by atoms with Gasteiger partial charge in [-0.25, -0.2) is 14.8 Å². The van der Waals surface area contributed by atoms with E-state index in [-0.39, 0.29) is 17.6 Å². The zero-order valence-corrected chi connectivity index (χ0v) is 21.8. The number of nitrogens with zero attached hydrogens (tertiary/aromatic N) is 3. The number of hydrogen-bond donors (Lipinski definition) is 3. The molecule has 2 aromatic heterocycles. The van der Waals surface area contributed by atoms with Crippen molar-refractivity contribution in [3.05, 3.63) is 43.3 Å². The van der Waals surface area contributed by atoms with E-state index in [4.69, 9.17) is 0 Å². The molecule has 2 aromatic rings. The van der Waals surface area contributed by atoms with Gasteiger partial charge in [0.1, 0.15) is 10.6 Å². The van der Waals surface area contributed by atoms with Crippen molar-refractivity contribution in [2.75, 3.05) is 19.6 Å². The first-order valence-electron chi connectivity index (χ1n) is 12.1. The highest BCUT2D eigenvalue weighted by molar-refractivity contribution is 7.13. The van der Waals surface area contributed by atoms with Crippen LogP contribution in [0.1, 0.15) is 86.7 Å². The molecule has 0 radical (unpaired) electrons. The zero-order chi connectivity index (χ0) is 24.8. The van der Waals surface area contributed by atoms with Gasteiger partial charge in [-0.15, -0.1) is 22.7 Å². The number of piperidine rings is 1. The summed E-state index contributed by atoms with van der Waals surface area (Å²) in [6.45, 7) is 5.62. The number of aromatic nitrogens is 2. The number of likely N-dealkylation sites (tertiary alicyclic amines) is 1. The Morgan fingerprint density at radius 1 is 1.09 bits per heavy atom. The number of carbonyl (C=O) groups is 3. The third-order valence-electron chi connectivity index (χ3n) is 6.39. The summed E-state index contributed by atoms with van der Waals surface area (Å²) in [4.78, 5) is 48.3. The van der Waals surface area contributed by atoms with Crippen LogP contribution in [0, 0.1) is 13.8 Å². The summed E-state index contributed by atoms with van der Waals surface area (Å²) in [5, 5.41) is 6.45. The molecule has 0 unspecified atom stereocenters. The predicted octanol–water partition coefficient (Wildman–Crippen LogP) is 4.07. The van der Waals surface area contributed by atoms with Crippen molar-refractivity contribution in [3.8, 4) is 0 Å². The van der Waals surface area contributed by atoms with E-state index in [0.717, 1.165) is 42.1 Å². The number of amides is 4. The van der Waals surface area contributed by atoms with Gasteiger partial charge >= 0.3 is 6.03 Å². The largest absolute Gasteiger partial charge is 0.338 e. The van der Waals surface area contributed by atoms with Crippen molar-refractivity contribution in [1.82, 2.24) is 31.0 Å². The molecule has 1 aliphatic heterocycles. The summed E-state index contributed by atoms with van der Waals surface area (Å²) in [6.07, 6.45) is 9.75. The van der Waals surface area contributed by atoms with Crippen molar-refractivity contribution in [1.29, 1.82) is 0 Å². The Bertz CT molecular complexity index is 1100. The fraction of sp³-hybridized carbons (Fsp3) is 0.542. The fourth-order valence-electron chi connectivity index (χ4n) is 4.46. The first-order chi connectivity index (χ1) is 16.9. The van der Waals surface area contributed by atoms with Gasteiger partial charge in [-0.1, -0.05) is 11.6 Å². The van der Waals surface area contributed by atoms with Crippen LogP contribution in [0.15, 0.2) is 17.0 Å². The SMILES string of the molecule is Cc1nc(C)c(C(=O)NNC(=O)c2csc(C3CCN(C(=O)NCCC4=CCCCC4)CC3)n2)s1. The lowest BCUT2D eigenvalue weighted by Crippen LogP contribution is -2.44. The lowest BCUT2D eigenvalue weighted by atomic mass is 9.97. The summed E-state index contributed by atoms with van der Waals surface area (Å²) < 4.78 is 0. The second-order valence-electron chi connectivity index (χ2n) is 8.98. The smallest absolute Gasteiger partial charge is 0.317 e. The second kappa shape index (κ2) is 11.8. The average Bonchev–Trinajstić information content (AvgIpc) is 3.49. The lowest BCUT2D eigenvalue weighted by molar-refractivity contribution is 0.0846. The minimum Gasteiger partial charge on any atom is -0.338 e. The van der Waals surface area contributed by atoms with Crippen LogP contribution >= 0.6 is 22.7 Å². The van der Waals surface area contributed by atoms with E-state index in [1.165, 1.54) is 41.1 Å². The summed E-state index contributed by atoms with van der Waals surface area (Å²) in [5.74, 6) is -0.627. The highest BCUT2D eigenvalue weighted by Gasteiger charge is 2.26. The van der Waals surface area contributed by atoms with Crippen LogP contribution < -0.4 is 16.2 Å². The first-order valence-corrected chi connectivity index (χ1v) is 13.8. The number of rotatable bonds is 6. The third kappa shape index (κ3) is 6.66. The zero-order valence-electron chi connectivity index (χ0n) is 20.2. The lowest BCUT2D eigenvalue weighted by Gasteiger charge is -2.31. The molecule has 1 saturated heterocycles. The Morgan fingerprint density at radius 3 is 2.54 bits per heavy atom. The molecule has 0 bridgehead atoms. The fourth-order valence-corrected chi connectivity index (χ4v) is 6.25. The minimum atomic E-state index is -0.454. The van der Waals surface area contributed by atoms with Gasteiger partial charge in [0.2, 0.25) is 0 Å². The number of carbonyl (C=O) groups excluding carboxylic acids is 3. The van der Waals surface area contributed by atoms with Crippen LogP contribution in [0.3, 0.4) is 0 Å². The summed E-state index contributed by atoms with van der Waals surface area (Å²) >= 11 is 2.72. The van der Waals surface area contributed by atoms with E-state index in [1.54, 1.807) is 12.3 Å².